The molecular formula is C25H29N3O3. The minimum atomic E-state index is -0.00347. The first-order chi connectivity index (χ1) is 15.2. The van der Waals surface area contributed by atoms with E-state index in [4.69, 9.17) is 9.47 Å². The van der Waals surface area contributed by atoms with Crippen LogP contribution in [0.15, 0.2) is 42.6 Å². The summed E-state index contributed by atoms with van der Waals surface area (Å²) in [5, 5.41) is 4.51. The van der Waals surface area contributed by atoms with Crippen LogP contribution >= 0.6 is 0 Å². The first-order valence-corrected chi connectivity index (χ1v) is 11.2. The van der Waals surface area contributed by atoms with E-state index in [9.17, 15) is 4.79 Å². The van der Waals surface area contributed by atoms with Crippen molar-refractivity contribution in [3.8, 4) is 5.75 Å². The molecule has 1 aliphatic carbocycles. The number of hydrogen-bond acceptors (Lipinski definition) is 4. The van der Waals surface area contributed by atoms with Gasteiger partial charge in [-0.2, -0.15) is 5.10 Å². The summed E-state index contributed by atoms with van der Waals surface area (Å²) in [5.74, 6) is 0.987. The third kappa shape index (κ3) is 3.69. The third-order valence-corrected chi connectivity index (χ3v) is 6.77. The maximum atomic E-state index is 13.5. The topological polar surface area (TPSA) is 56.1 Å². The number of fused-ring (bicyclic) bond motifs is 2. The van der Waals surface area contributed by atoms with Gasteiger partial charge in [0.25, 0.3) is 5.91 Å². The summed E-state index contributed by atoms with van der Waals surface area (Å²) in [7, 11) is 3.64. The van der Waals surface area contributed by atoms with Crippen molar-refractivity contribution in [3.63, 3.8) is 0 Å². The molecule has 6 heteroatoms. The predicted molar refractivity (Wildman–Crippen MR) is 119 cm³/mol. The molecule has 3 heterocycles. The number of hydrogen-bond donors (Lipinski definition) is 0. The lowest BCUT2D eigenvalue weighted by Gasteiger charge is -2.37. The summed E-state index contributed by atoms with van der Waals surface area (Å²) in [6, 6.07) is 12.5. The van der Waals surface area contributed by atoms with Gasteiger partial charge in [0.15, 0.2) is 0 Å². The van der Waals surface area contributed by atoms with Crippen LogP contribution in [0.3, 0.4) is 0 Å². The van der Waals surface area contributed by atoms with Crippen molar-refractivity contribution < 1.29 is 14.3 Å². The molecule has 1 fully saturated rings. The number of carbonyl (C=O) groups excluding carboxylic acids is 1. The van der Waals surface area contributed by atoms with Gasteiger partial charge in [0.2, 0.25) is 0 Å². The van der Waals surface area contributed by atoms with Crippen LogP contribution < -0.4 is 4.74 Å². The minimum Gasteiger partial charge on any atom is -0.493 e. The number of amides is 1. The van der Waals surface area contributed by atoms with Crippen molar-refractivity contribution >= 4 is 11.4 Å². The average molecular weight is 420 g/mol. The van der Waals surface area contributed by atoms with Crippen molar-refractivity contribution in [2.75, 3.05) is 20.8 Å². The average Bonchev–Trinajstić information content (AvgIpc) is 3.43. The monoisotopic (exact) mass is 419 g/mol. The Kier molecular flexibility index (Phi) is 5.40. The Bertz CT molecular complexity index is 1110. The van der Waals surface area contributed by atoms with E-state index in [1.165, 1.54) is 11.1 Å². The molecule has 1 aliphatic heterocycles. The highest BCUT2D eigenvalue weighted by Gasteiger charge is 2.32. The number of benzene rings is 1. The van der Waals surface area contributed by atoms with Crippen molar-refractivity contribution in [2.24, 2.45) is 0 Å². The van der Waals surface area contributed by atoms with Gasteiger partial charge in [-0.25, -0.2) is 4.52 Å². The molecule has 5 rings (SSSR count). The molecule has 1 saturated carbocycles. The first-order valence-electron chi connectivity index (χ1n) is 11.2. The van der Waals surface area contributed by atoms with E-state index in [0.717, 1.165) is 62.0 Å². The Morgan fingerprint density at radius 1 is 1.26 bits per heavy atom. The summed E-state index contributed by atoms with van der Waals surface area (Å²) in [6.45, 7) is 0.756. The molecule has 0 radical (unpaired) electrons. The van der Waals surface area contributed by atoms with Gasteiger partial charge in [-0.1, -0.05) is 25.0 Å². The van der Waals surface area contributed by atoms with Crippen LogP contribution in [0.25, 0.3) is 5.52 Å². The van der Waals surface area contributed by atoms with Gasteiger partial charge in [-0.15, -0.1) is 0 Å². The van der Waals surface area contributed by atoms with E-state index < -0.39 is 0 Å². The fourth-order valence-corrected chi connectivity index (χ4v) is 5.10. The largest absolute Gasteiger partial charge is 0.493 e. The Morgan fingerprint density at radius 2 is 2.13 bits per heavy atom. The molecule has 0 unspecified atom stereocenters. The van der Waals surface area contributed by atoms with Gasteiger partial charge in [-0.3, -0.25) is 4.79 Å². The summed E-state index contributed by atoms with van der Waals surface area (Å²) in [4.78, 5) is 15.4. The van der Waals surface area contributed by atoms with Crippen LogP contribution in [-0.4, -0.2) is 53.3 Å². The molecule has 0 spiro atoms. The summed E-state index contributed by atoms with van der Waals surface area (Å²) in [6.07, 6.45) is 7.79. The maximum absolute atomic E-state index is 13.5. The molecule has 2 aliphatic rings. The Labute approximate surface area is 182 Å². The highest BCUT2D eigenvalue weighted by Crippen LogP contribution is 2.29. The lowest BCUT2D eigenvalue weighted by atomic mass is 9.91. The molecule has 162 valence electrons. The quantitative estimate of drug-likeness (QED) is 0.630. The second-order valence-electron chi connectivity index (χ2n) is 8.63. The number of nitrogens with zero attached hydrogens (tertiary/aromatic N) is 3. The van der Waals surface area contributed by atoms with E-state index in [-0.39, 0.29) is 18.1 Å². The van der Waals surface area contributed by atoms with E-state index in [1.54, 1.807) is 17.8 Å². The van der Waals surface area contributed by atoms with Crippen molar-refractivity contribution in [1.29, 1.82) is 0 Å². The summed E-state index contributed by atoms with van der Waals surface area (Å²) in [5.41, 5.74) is 5.18. The van der Waals surface area contributed by atoms with Crippen LogP contribution in [0.1, 0.15) is 52.9 Å². The molecule has 3 aromatic rings. The molecule has 2 aromatic heterocycles. The summed E-state index contributed by atoms with van der Waals surface area (Å²) >= 11 is 0. The highest BCUT2D eigenvalue weighted by atomic mass is 16.5. The maximum Gasteiger partial charge on any atom is 0.272 e. The molecule has 2 atom stereocenters. The third-order valence-electron chi connectivity index (χ3n) is 6.77. The van der Waals surface area contributed by atoms with Crippen LogP contribution in [0.4, 0.5) is 0 Å². The fourth-order valence-electron chi connectivity index (χ4n) is 5.10. The Hall–Kier alpha value is -2.86. The first kappa shape index (κ1) is 20.1. The van der Waals surface area contributed by atoms with E-state index in [1.807, 2.05) is 30.1 Å². The van der Waals surface area contributed by atoms with Crippen LogP contribution in [0, 0.1) is 0 Å². The molecule has 0 saturated heterocycles. The number of carbonyl (C=O) groups is 1. The lowest BCUT2D eigenvalue weighted by molar-refractivity contribution is 0.000657. The van der Waals surface area contributed by atoms with Gasteiger partial charge in [0.1, 0.15) is 11.4 Å². The standard InChI is InChI=1S/C25H29N3O3/c1-27(21-6-3-4-8-24(21)30-2)25(29)22-16-19(20-7-5-12-26-28(20)22)15-17-9-10-23-18(14-17)11-13-31-23/h5,7,9-10,12,14,16,21,24H,3-4,6,8,11,13,15H2,1-2H3/t21-,24-/m0/s1. The Balaban J connectivity index is 1.46. The second kappa shape index (κ2) is 8.35. The van der Waals surface area contributed by atoms with Gasteiger partial charge < -0.3 is 14.4 Å². The van der Waals surface area contributed by atoms with Gasteiger partial charge in [-0.05, 0) is 60.2 Å². The normalized spacial score (nSPS) is 20.5. The molecule has 1 amide bonds. The number of aromatic nitrogens is 2. The number of likely N-dealkylation sites (N-methyl/N-ethyl adjacent to an activating group) is 1. The van der Waals surface area contributed by atoms with Crippen molar-refractivity contribution in [1.82, 2.24) is 14.5 Å². The molecule has 0 N–H and O–H groups in total. The lowest BCUT2D eigenvalue weighted by Crippen LogP contribution is -2.47. The number of methoxy groups -OCH3 is 1. The van der Waals surface area contributed by atoms with E-state index in [2.05, 4.69) is 23.3 Å². The SMILES string of the molecule is CO[C@H]1CCCC[C@@H]1N(C)C(=O)c1cc(Cc2ccc3c(c2)CCO3)c2cccnn12. The number of rotatable bonds is 5. The van der Waals surface area contributed by atoms with Crippen LogP contribution in [0.2, 0.25) is 0 Å². The molecule has 6 nitrogen and oxygen atoms in total. The molecule has 31 heavy (non-hydrogen) atoms. The molecule has 1 aromatic carbocycles. The highest BCUT2D eigenvalue weighted by molar-refractivity contribution is 5.94. The molecule has 0 bridgehead atoms. The van der Waals surface area contributed by atoms with Gasteiger partial charge >= 0.3 is 0 Å². The fraction of sp³-hybridized carbons (Fsp3) is 0.440. The minimum absolute atomic E-state index is 0.00347. The number of ether oxygens (including phenoxy) is 2. The van der Waals surface area contributed by atoms with Gasteiger partial charge in [0, 0.05) is 26.8 Å². The van der Waals surface area contributed by atoms with Crippen molar-refractivity contribution in [3.05, 3.63) is 65.0 Å². The Morgan fingerprint density at radius 3 is 3.00 bits per heavy atom. The zero-order valence-electron chi connectivity index (χ0n) is 18.2. The summed E-state index contributed by atoms with van der Waals surface area (Å²) < 4.78 is 13.1. The van der Waals surface area contributed by atoms with Crippen molar-refractivity contribution in [2.45, 2.75) is 50.7 Å². The van der Waals surface area contributed by atoms with E-state index in [0.29, 0.717) is 5.69 Å². The zero-order chi connectivity index (χ0) is 21.4. The smallest absolute Gasteiger partial charge is 0.272 e. The van der Waals surface area contributed by atoms with E-state index >= 15 is 0 Å². The van der Waals surface area contributed by atoms with Gasteiger partial charge in [0.05, 0.1) is 24.3 Å². The van der Waals surface area contributed by atoms with Crippen LogP contribution in [-0.2, 0) is 17.6 Å². The van der Waals surface area contributed by atoms with Crippen LogP contribution in [0.5, 0.6) is 5.75 Å². The zero-order valence-corrected chi connectivity index (χ0v) is 18.2. The second-order valence-corrected chi connectivity index (χ2v) is 8.63. The molecular weight excluding hydrogens is 390 g/mol. The predicted octanol–water partition coefficient (Wildman–Crippen LogP) is 3.89.